The van der Waals surface area contributed by atoms with Gasteiger partial charge >= 0.3 is 12.1 Å². The number of hydrogen-bond donors (Lipinski definition) is 2. The minimum Gasteiger partial charge on any atom is -0.497 e. The molecule has 0 atom stereocenters. The van der Waals surface area contributed by atoms with Crippen molar-refractivity contribution >= 4 is 29.7 Å². The third kappa shape index (κ3) is 9.79. The minimum absolute atomic E-state index is 0.0103. The lowest BCUT2D eigenvalue weighted by atomic mass is 10.1. The summed E-state index contributed by atoms with van der Waals surface area (Å²) in [7, 11) is 1.56. The van der Waals surface area contributed by atoms with Crippen LogP contribution in [0.5, 0.6) is 5.75 Å². The van der Waals surface area contributed by atoms with Crippen LogP contribution in [-0.2, 0) is 45.2 Å². The van der Waals surface area contributed by atoms with Crippen molar-refractivity contribution in [3.05, 3.63) is 138 Å². The molecule has 1 aliphatic rings. The number of urea groups is 1. The van der Waals surface area contributed by atoms with E-state index in [1.165, 1.54) is 4.90 Å². The summed E-state index contributed by atoms with van der Waals surface area (Å²) in [6.07, 6.45) is 0.116. The molecule has 5 amide bonds. The van der Waals surface area contributed by atoms with Gasteiger partial charge in [-0.1, -0.05) is 103 Å². The first-order valence-electron chi connectivity index (χ1n) is 16.4. The normalized spacial score (nSPS) is 12.6. The van der Waals surface area contributed by atoms with Gasteiger partial charge < -0.3 is 25.0 Å². The first kappa shape index (κ1) is 35.3. The van der Waals surface area contributed by atoms with Gasteiger partial charge in [0, 0.05) is 19.6 Å². The summed E-state index contributed by atoms with van der Waals surface area (Å²) in [5.41, 5.74) is 1.78. The van der Waals surface area contributed by atoms with E-state index in [1.807, 2.05) is 78.9 Å². The fraction of sp³-hybridized carbons (Fsp3) is 0.256. The van der Waals surface area contributed by atoms with Crippen molar-refractivity contribution in [3.63, 3.8) is 0 Å². The molecular weight excluding hydrogens is 636 g/mol. The third-order valence-electron chi connectivity index (χ3n) is 8.34. The Morgan fingerprint density at radius 3 is 1.88 bits per heavy atom. The summed E-state index contributed by atoms with van der Waals surface area (Å²) in [6, 6.07) is 33.7. The minimum atomic E-state index is -1.35. The van der Waals surface area contributed by atoms with Crippen molar-refractivity contribution < 1.29 is 33.4 Å². The van der Waals surface area contributed by atoms with Crippen LogP contribution in [0.4, 0.5) is 9.59 Å². The number of nitrogens with one attached hydrogen (secondary N) is 2. The van der Waals surface area contributed by atoms with E-state index in [9.17, 15) is 24.0 Å². The molecule has 0 aliphatic heterocycles. The van der Waals surface area contributed by atoms with Crippen molar-refractivity contribution in [1.29, 1.82) is 0 Å². The average Bonchev–Trinajstić information content (AvgIpc) is 3.94. The molecule has 0 spiro atoms. The Kier molecular flexibility index (Phi) is 12.0. The Bertz CT molecular complexity index is 1760. The van der Waals surface area contributed by atoms with Crippen LogP contribution in [0.25, 0.3) is 0 Å². The van der Waals surface area contributed by atoms with Crippen molar-refractivity contribution in [3.8, 4) is 5.75 Å². The van der Waals surface area contributed by atoms with Gasteiger partial charge in [-0.15, -0.1) is 0 Å². The van der Waals surface area contributed by atoms with Crippen LogP contribution < -0.4 is 15.4 Å². The van der Waals surface area contributed by atoms with E-state index in [1.54, 1.807) is 43.5 Å². The van der Waals surface area contributed by atoms with E-state index < -0.39 is 41.8 Å². The molecule has 11 heteroatoms. The van der Waals surface area contributed by atoms with Crippen molar-refractivity contribution in [2.45, 2.75) is 44.5 Å². The number of carbonyl (C=O) groups is 5. The van der Waals surface area contributed by atoms with Crippen LogP contribution in [0.15, 0.2) is 115 Å². The summed E-state index contributed by atoms with van der Waals surface area (Å²) < 4.78 is 10.6. The zero-order chi connectivity index (χ0) is 35.3. The SMILES string of the molecule is COc1ccc(CCN(C(=O)N(CC(=O)C(=O)NCc2ccccc2)Cc2ccccc2)C(=O)C2(NC(=O)OCc3ccccc3)CC2)cc1. The molecule has 258 valence electrons. The zero-order valence-corrected chi connectivity index (χ0v) is 27.9. The molecule has 50 heavy (non-hydrogen) atoms. The Hall–Kier alpha value is -5.97. The van der Waals surface area contributed by atoms with Gasteiger partial charge in [0.05, 0.1) is 13.7 Å². The molecule has 0 radical (unpaired) electrons. The number of benzene rings is 4. The monoisotopic (exact) mass is 676 g/mol. The van der Waals surface area contributed by atoms with E-state index >= 15 is 0 Å². The fourth-order valence-electron chi connectivity index (χ4n) is 5.34. The molecule has 11 nitrogen and oxygen atoms in total. The molecule has 2 N–H and O–H groups in total. The Morgan fingerprint density at radius 2 is 1.30 bits per heavy atom. The van der Waals surface area contributed by atoms with Crippen molar-refractivity contribution in [2.24, 2.45) is 0 Å². The summed E-state index contributed by atoms with van der Waals surface area (Å²) in [5.74, 6) is -1.65. The predicted octanol–water partition coefficient (Wildman–Crippen LogP) is 5.03. The van der Waals surface area contributed by atoms with Gasteiger partial charge in [-0.05, 0) is 53.6 Å². The van der Waals surface area contributed by atoms with Gasteiger partial charge in [0.15, 0.2) is 0 Å². The van der Waals surface area contributed by atoms with Gasteiger partial charge in [0.25, 0.3) is 11.8 Å². The van der Waals surface area contributed by atoms with Crippen molar-refractivity contribution in [1.82, 2.24) is 20.4 Å². The molecular formula is C39H40N4O7. The smallest absolute Gasteiger partial charge is 0.408 e. The number of carbonyl (C=O) groups excluding carboxylic acids is 5. The number of nitrogens with zero attached hydrogens (tertiary/aromatic N) is 2. The maximum absolute atomic E-state index is 14.4. The highest BCUT2D eigenvalue weighted by molar-refractivity contribution is 6.37. The Labute approximate surface area is 291 Å². The number of rotatable bonds is 15. The van der Waals surface area contributed by atoms with E-state index in [0.29, 0.717) is 30.6 Å². The molecule has 0 bridgehead atoms. The zero-order valence-electron chi connectivity index (χ0n) is 27.9. The summed E-state index contributed by atoms with van der Waals surface area (Å²) in [5, 5.41) is 5.31. The number of ether oxygens (including phenoxy) is 2. The second kappa shape index (κ2) is 16.9. The lowest BCUT2D eigenvalue weighted by Crippen LogP contribution is -2.56. The summed E-state index contributed by atoms with van der Waals surface area (Å²) in [6.45, 7) is -0.509. The first-order chi connectivity index (χ1) is 24.3. The molecule has 5 rings (SSSR count). The van der Waals surface area contributed by atoms with Crippen LogP contribution >= 0.6 is 0 Å². The maximum atomic E-state index is 14.4. The lowest BCUT2D eigenvalue weighted by Gasteiger charge is -2.32. The molecule has 1 saturated carbocycles. The fourth-order valence-corrected chi connectivity index (χ4v) is 5.34. The number of hydrogen-bond acceptors (Lipinski definition) is 7. The lowest BCUT2D eigenvalue weighted by molar-refractivity contribution is -0.138. The summed E-state index contributed by atoms with van der Waals surface area (Å²) >= 11 is 0. The van der Waals surface area contributed by atoms with Gasteiger partial charge in [0.2, 0.25) is 5.78 Å². The Morgan fingerprint density at radius 1 is 0.720 bits per heavy atom. The molecule has 0 saturated heterocycles. The van der Waals surface area contributed by atoms with Gasteiger partial charge in [-0.3, -0.25) is 19.3 Å². The van der Waals surface area contributed by atoms with Crippen LogP contribution in [0.1, 0.15) is 35.1 Å². The van der Waals surface area contributed by atoms with Gasteiger partial charge in [-0.2, -0.15) is 0 Å². The number of imide groups is 1. The van der Waals surface area contributed by atoms with Gasteiger partial charge in [0.1, 0.15) is 17.9 Å². The topological polar surface area (TPSA) is 134 Å². The van der Waals surface area contributed by atoms with E-state index in [2.05, 4.69) is 10.6 Å². The standard InChI is InChI=1S/C39H40N4O7/c1-49-33-19-17-29(18-20-33)21-24-43(36(46)39(22-23-39)41-37(47)50-28-32-15-9-4-10-16-32)38(48)42(26-31-13-7-3-8-14-31)27-34(44)35(45)40-25-30-11-5-2-6-12-30/h2-20H,21-28H2,1H3,(H,40,45)(H,41,47). The van der Waals surface area contributed by atoms with Gasteiger partial charge in [-0.25, -0.2) is 9.59 Å². The van der Waals surface area contributed by atoms with Crippen LogP contribution in [0.3, 0.4) is 0 Å². The molecule has 4 aromatic carbocycles. The number of amides is 5. The average molecular weight is 677 g/mol. The highest BCUT2D eigenvalue weighted by Crippen LogP contribution is 2.38. The molecule has 0 heterocycles. The molecule has 0 aromatic heterocycles. The molecule has 0 unspecified atom stereocenters. The van der Waals surface area contributed by atoms with Crippen LogP contribution in [-0.4, -0.2) is 65.3 Å². The van der Waals surface area contributed by atoms with E-state index in [-0.39, 0.29) is 26.2 Å². The second-order valence-corrected chi connectivity index (χ2v) is 12.0. The van der Waals surface area contributed by atoms with E-state index in [4.69, 9.17) is 9.47 Å². The molecule has 1 aliphatic carbocycles. The Balaban J connectivity index is 1.35. The maximum Gasteiger partial charge on any atom is 0.408 e. The first-order valence-corrected chi connectivity index (χ1v) is 16.4. The highest BCUT2D eigenvalue weighted by atomic mass is 16.5. The summed E-state index contributed by atoms with van der Waals surface area (Å²) in [4.78, 5) is 69.9. The third-order valence-corrected chi connectivity index (χ3v) is 8.34. The quantitative estimate of drug-likeness (QED) is 0.169. The number of Topliss-reactive ketones (excluding diaryl/α,β-unsaturated/α-hetero) is 1. The largest absolute Gasteiger partial charge is 0.497 e. The van der Waals surface area contributed by atoms with Crippen LogP contribution in [0.2, 0.25) is 0 Å². The predicted molar refractivity (Wildman–Crippen MR) is 186 cm³/mol. The highest BCUT2D eigenvalue weighted by Gasteiger charge is 2.55. The molecule has 4 aromatic rings. The number of alkyl carbamates (subject to hydrolysis) is 1. The van der Waals surface area contributed by atoms with Crippen molar-refractivity contribution in [2.75, 3.05) is 20.2 Å². The number of ketones is 1. The van der Waals surface area contributed by atoms with E-state index in [0.717, 1.165) is 21.6 Å². The number of methoxy groups -OCH3 is 1. The van der Waals surface area contributed by atoms with Crippen LogP contribution in [0, 0.1) is 0 Å². The second-order valence-electron chi connectivity index (χ2n) is 12.0. The molecule has 1 fully saturated rings.